The molecule has 3 aliphatic heterocycles. The molecule has 110 valence electrons. The third-order valence-corrected chi connectivity index (χ3v) is 5.45. The Morgan fingerprint density at radius 3 is 2.86 bits per heavy atom. The predicted molar refractivity (Wildman–Crippen MR) is 74.2 cm³/mol. The van der Waals surface area contributed by atoms with E-state index in [-0.39, 0.29) is 12.8 Å². The summed E-state index contributed by atoms with van der Waals surface area (Å²) < 4.78 is 11.0. The fraction of sp³-hybridized carbons (Fsp3) is 0.500. The Morgan fingerprint density at radius 2 is 2.00 bits per heavy atom. The molecule has 5 heteroatoms. The molecule has 21 heavy (non-hydrogen) atoms. The maximum absolute atomic E-state index is 10.7. The van der Waals surface area contributed by atoms with E-state index in [0.29, 0.717) is 13.0 Å². The molecule has 4 aliphatic rings. The molecule has 1 aliphatic carbocycles. The number of rotatable bonds is 0. The number of nitrogens with zero attached hydrogens (tertiary/aromatic N) is 1. The minimum Gasteiger partial charge on any atom is -0.454 e. The number of hydrogen-bond donors (Lipinski definition) is 2. The van der Waals surface area contributed by atoms with E-state index in [4.69, 9.17) is 9.47 Å². The maximum Gasteiger partial charge on any atom is 0.231 e. The molecule has 1 unspecified atom stereocenters. The number of aliphatic hydroxyl groups is 2. The van der Waals surface area contributed by atoms with Crippen molar-refractivity contribution < 1.29 is 19.7 Å². The Balaban J connectivity index is 1.76. The van der Waals surface area contributed by atoms with Gasteiger partial charge in [0.05, 0.1) is 17.6 Å². The van der Waals surface area contributed by atoms with Crippen molar-refractivity contribution in [2.24, 2.45) is 0 Å². The highest BCUT2D eigenvalue weighted by Crippen LogP contribution is 2.53. The molecule has 0 aromatic heterocycles. The molecule has 1 fully saturated rings. The second-order valence-electron chi connectivity index (χ2n) is 6.42. The number of fused-ring (bicyclic) bond motifs is 2. The zero-order valence-corrected chi connectivity index (χ0v) is 11.5. The fourth-order valence-electron chi connectivity index (χ4n) is 4.53. The molecule has 3 heterocycles. The molecule has 0 amide bonds. The molecule has 5 rings (SSSR count). The van der Waals surface area contributed by atoms with Gasteiger partial charge in [-0.15, -0.1) is 0 Å². The van der Waals surface area contributed by atoms with Gasteiger partial charge in [0.25, 0.3) is 0 Å². The van der Waals surface area contributed by atoms with E-state index in [1.54, 1.807) is 0 Å². The molecule has 5 atom stereocenters. The summed E-state index contributed by atoms with van der Waals surface area (Å²) in [6.07, 6.45) is 3.63. The molecule has 0 radical (unpaired) electrons. The molecule has 2 bridgehead atoms. The van der Waals surface area contributed by atoms with Crippen molar-refractivity contribution in [2.75, 3.05) is 13.3 Å². The zero-order chi connectivity index (χ0) is 14.2. The van der Waals surface area contributed by atoms with Gasteiger partial charge in [0, 0.05) is 19.1 Å². The molecular weight excluding hydrogens is 270 g/mol. The molecule has 0 spiro atoms. The van der Waals surface area contributed by atoms with Gasteiger partial charge in [0.2, 0.25) is 6.79 Å². The van der Waals surface area contributed by atoms with Crippen LogP contribution in [0.1, 0.15) is 17.5 Å². The average Bonchev–Trinajstić information content (AvgIpc) is 2.99. The lowest BCUT2D eigenvalue weighted by atomic mass is 9.65. The van der Waals surface area contributed by atoms with Crippen LogP contribution in [0.15, 0.2) is 24.3 Å². The van der Waals surface area contributed by atoms with Crippen LogP contribution < -0.4 is 9.47 Å². The average molecular weight is 287 g/mol. The summed E-state index contributed by atoms with van der Waals surface area (Å²) in [5, 5.41) is 20.7. The van der Waals surface area contributed by atoms with Gasteiger partial charge in [-0.1, -0.05) is 12.2 Å². The molecule has 1 aromatic carbocycles. The fourth-order valence-corrected chi connectivity index (χ4v) is 4.53. The largest absolute Gasteiger partial charge is 0.454 e. The summed E-state index contributed by atoms with van der Waals surface area (Å²) in [7, 11) is 0. The molecule has 0 saturated carbocycles. The summed E-state index contributed by atoms with van der Waals surface area (Å²) in [5.41, 5.74) is 1.89. The van der Waals surface area contributed by atoms with E-state index >= 15 is 0 Å². The van der Waals surface area contributed by atoms with Gasteiger partial charge in [-0.25, -0.2) is 0 Å². The predicted octanol–water partition coefficient (Wildman–Crippen LogP) is 0.533. The minimum atomic E-state index is -0.451. The Hall–Kier alpha value is -1.56. The van der Waals surface area contributed by atoms with Gasteiger partial charge in [0.1, 0.15) is 0 Å². The Morgan fingerprint density at radius 1 is 1.19 bits per heavy atom. The van der Waals surface area contributed by atoms with Crippen molar-refractivity contribution in [1.82, 2.24) is 4.90 Å². The van der Waals surface area contributed by atoms with Crippen LogP contribution in [0.4, 0.5) is 0 Å². The van der Waals surface area contributed by atoms with Crippen LogP contribution in [0.5, 0.6) is 11.5 Å². The van der Waals surface area contributed by atoms with Gasteiger partial charge in [0.15, 0.2) is 11.5 Å². The van der Waals surface area contributed by atoms with Crippen molar-refractivity contribution in [3.05, 3.63) is 35.4 Å². The highest BCUT2D eigenvalue weighted by atomic mass is 16.7. The van der Waals surface area contributed by atoms with E-state index in [1.807, 2.05) is 24.3 Å². The van der Waals surface area contributed by atoms with Crippen LogP contribution in [0.2, 0.25) is 0 Å². The van der Waals surface area contributed by atoms with Crippen molar-refractivity contribution in [3.8, 4) is 11.5 Å². The van der Waals surface area contributed by atoms with Crippen LogP contribution in [-0.4, -0.2) is 46.7 Å². The van der Waals surface area contributed by atoms with Crippen molar-refractivity contribution in [2.45, 2.75) is 36.6 Å². The number of ether oxygens (including phenoxy) is 2. The second kappa shape index (κ2) is 3.80. The minimum absolute atomic E-state index is 0.153. The lowest BCUT2D eigenvalue weighted by Gasteiger charge is -2.45. The lowest BCUT2D eigenvalue weighted by Crippen LogP contribution is -2.52. The molecule has 1 saturated heterocycles. The van der Waals surface area contributed by atoms with E-state index in [2.05, 4.69) is 4.90 Å². The quantitative estimate of drug-likeness (QED) is 0.682. The standard InChI is InChI=1S/C16H17NO4/c18-10-1-2-16-11-5-13-12(20-8-21-13)3-9(11)6-17(7-15(16)19)14(16)4-10/h1-3,5,10,14-15,18-19H,4,6-8H2/t10-,14+,15+,16+/m0/s1. The van der Waals surface area contributed by atoms with E-state index in [1.165, 1.54) is 5.56 Å². The van der Waals surface area contributed by atoms with Crippen molar-refractivity contribution in [1.29, 1.82) is 0 Å². The van der Waals surface area contributed by atoms with Crippen molar-refractivity contribution >= 4 is 0 Å². The van der Waals surface area contributed by atoms with E-state index in [0.717, 1.165) is 23.6 Å². The highest BCUT2D eigenvalue weighted by Gasteiger charge is 2.58. The second-order valence-corrected chi connectivity index (χ2v) is 6.42. The highest BCUT2D eigenvalue weighted by molar-refractivity contribution is 5.56. The third-order valence-electron chi connectivity index (χ3n) is 5.45. The van der Waals surface area contributed by atoms with Crippen LogP contribution in [0, 0.1) is 0 Å². The van der Waals surface area contributed by atoms with Crippen LogP contribution >= 0.6 is 0 Å². The number of aliphatic hydroxyl groups excluding tert-OH is 2. The Labute approximate surface area is 122 Å². The first-order valence-electron chi connectivity index (χ1n) is 7.41. The van der Waals surface area contributed by atoms with Crippen LogP contribution in [0.25, 0.3) is 0 Å². The number of hydrogen-bond acceptors (Lipinski definition) is 5. The van der Waals surface area contributed by atoms with E-state index in [9.17, 15) is 10.2 Å². The van der Waals surface area contributed by atoms with Gasteiger partial charge in [-0.3, -0.25) is 4.90 Å². The topological polar surface area (TPSA) is 62.2 Å². The Kier molecular flexibility index (Phi) is 2.17. The Bertz CT molecular complexity index is 658. The summed E-state index contributed by atoms with van der Waals surface area (Å²) in [5.74, 6) is 1.55. The SMILES string of the molecule is O[C@@H]1CN2Cc3cc4c(cc3[C@@]13C=C[C@H](O)C[C@@H]23)OCO4. The summed E-state index contributed by atoms with van der Waals surface area (Å²) in [6, 6.07) is 4.22. The molecule has 1 aromatic rings. The first-order chi connectivity index (χ1) is 10.2. The third kappa shape index (κ3) is 1.36. The molecule has 5 nitrogen and oxygen atoms in total. The lowest BCUT2D eigenvalue weighted by molar-refractivity contribution is 0.0937. The zero-order valence-electron chi connectivity index (χ0n) is 11.5. The number of benzene rings is 1. The van der Waals surface area contributed by atoms with Crippen LogP contribution in [-0.2, 0) is 12.0 Å². The first-order valence-corrected chi connectivity index (χ1v) is 7.41. The van der Waals surface area contributed by atoms with Crippen molar-refractivity contribution in [3.63, 3.8) is 0 Å². The monoisotopic (exact) mass is 287 g/mol. The van der Waals surface area contributed by atoms with Gasteiger partial charge < -0.3 is 19.7 Å². The van der Waals surface area contributed by atoms with E-state index < -0.39 is 17.6 Å². The summed E-state index contributed by atoms with van der Waals surface area (Å²) in [6.45, 7) is 1.69. The normalized spacial score (nSPS) is 41.8. The first kappa shape index (κ1) is 12.0. The summed E-state index contributed by atoms with van der Waals surface area (Å²) >= 11 is 0. The maximum atomic E-state index is 10.7. The molecule has 2 N–H and O–H groups in total. The van der Waals surface area contributed by atoms with Gasteiger partial charge in [-0.2, -0.15) is 0 Å². The van der Waals surface area contributed by atoms with Gasteiger partial charge in [-0.05, 0) is 29.7 Å². The van der Waals surface area contributed by atoms with Crippen LogP contribution in [0.3, 0.4) is 0 Å². The molecular formula is C16H17NO4. The smallest absolute Gasteiger partial charge is 0.231 e. The van der Waals surface area contributed by atoms with Gasteiger partial charge >= 0.3 is 0 Å². The summed E-state index contributed by atoms with van der Waals surface area (Å²) in [4.78, 5) is 2.28.